The first kappa shape index (κ1) is 27.5. The molecular formula is C30H31ClFN3O3. The van der Waals surface area contributed by atoms with Gasteiger partial charge in [0.15, 0.2) is 0 Å². The number of ether oxygens (including phenoxy) is 1. The maximum absolute atomic E-state index is 14.0. The number of halogens is 2. The fraction of sp³-hybridized carbons (Fsp3) is 0.300. The van der Waals surface area contributed by atoms with Crippen LogP contribution in [0.25, 0.3) is 16.6 Å². The van der Waals surface area contributed by atoms with Crippen molar-refractivity contribution >= 4 is 28.4 Å². The lowest BCUT2D eigenvalue weighted by Gasteiger charge is -2.31. The van der Waals surface area contributed by atoms with Gasteiger partial charge in [-0.25, -0.2) is 9.37 Å². The number of methoxy groups -OCH3 is 1. The number of carbonyl (C=O) groups excluding carboxylic acids is 1. The molecule has 6 nitrogen and oxygen atoms in total. The zero-order chi connectivity index (χ0) is 27.6. The van der Waals surface area contributed by atoms with Crippen LogP contribution in [0.3, 0.4) is 0 Å². The normalized spacial score (nSPS) is 12.5. The van der Waals surface area contributed by atoms with Gasteiger partial charge in [-0.2, -0.15) is 0 Å². The largest absolute Gasteiger partial charge is 0.383 e. The minimum atomic E-state index is -0.638. The van der Waals surface area contributed by atoms with Crippen LogP contribution in [0, 0.1) is 5.82 Å². The zero-order valence-electron chi connectivity index (χ0n) is 22.2. The van der Waals surface area contributed by atoms with E-state index in [1.54, 1.807) is 36.3 Å². The number of nitrogens with zero attached hydrogens (tertiary/aromatic N) is 3. The fourth-order valence-electron chi connectivity index (χ4n) is 4.38. The molecule has 8 heteroatoms. The Morgan fingerprint density at radius 2 is 1.79 bits per heavy atom. The van der Waals surface area contributed by atoms with Gasteiger partial charge in [-0.05, 0) is 60.4 Å². The standard InChI is InChI=1S/C30H31ClFN3O3/c1-19(34(16-17-38-5)28(36)20-10-12-21(13-11-20)30(2,3)4)27-33-26-9-7-6-8-23(26)29(37)35(27)22-14-15-25(32)24(31)18-22/h6-15,18-19H,16-17H2,1-5H3. The number of fused-ring (bicyclic) bond motifs is 1. The van der Waals surface area contributed by atoms with Gasteiger partial charge in [-0.3, -0.25) is 14.2 Å². The molecule has 0 aliphatic rings. The number of rotatable bonds is 7. The molecule has 1 amide bonds. The molecule has 38 heavy (non-hydrogen) atoms. The summed E-state index contributed by atoms with van der Waals surface area (Å²) in [4.78, 5) is 34.0. The van der Waals surface area contributed by atoms with Crippen molar-refractivity contribution in [2.75, 3.05) is 20.3 Å². The van der Waals surface area contributed by atoms with Crippen molar-refractivity contribution in [1.82, 2.24) is 14.5 Å². The van der Waals surface area contributed by atoms with Crippen molar-refractivity contribution in [1.29, 1.82) is 0 Å². The number of aromatic nitrogens is 2. The van der Waals surface area contributed by atoms with E-state index in [9.17, 15) is 14.0 Å². The zero-order valence-corrected chi connectivity index (χ0v) is 22.9. The molecule has 4 rings (SSSR count). The average molecular weight is 536 g/mol. The lowest BCUT2D eigenvalue weighted by Crippen LogP contribution is -2.39. The molecule has 1 heterocycles. The highest BCUT2D eigenvalue weighted by molar-refractivity contribution is 6.30. The quantitative estimate of drug-likeness (QED) is 0.277. The van der Waals surface area contributed by atoms with Gasteiger partial charge in [0.2, 0.25) is 0 Å². The number of para-hydroxylation sites is 1. The first-order valence-corrected chi connectivity index (χ1v) is 12.8. The molecule has 0 aliphatic heterocycles. The van der Waals surface area contributed by atoms with Crippen LogP contribution in [-0.2, 0) is 10.2 Å². The highest BCUT2D eigenvalue weighted by Gasteiger charge is 2.28. The SMILES string of the molecule is COCCN(C(=O)c1ccc(C(C)(C)C)cc1)C(C)c1nc2ccccc2c(=O)n1-c1ccc(F)c(Cl)c1. The summed E-state index contributed by atoms with van der Waals surface area (Å²) in [6.07, 6.45) is 0. The molecule has 4 aromatic rings. The van der Waals surface area contributed by atoms with E-state index in [0.717, 1.165) is 5.56 Å². The third-order valence-corrected chi connectivity index (χ3v) is 6.89. The molecule has 0 bridgehead atoms. The topological polar surface area (TPSA) is 64.4 Å². The maximum atomic E-state index is 14.0. The summed E-state index contributed by atoms with van der Waals surface area (Å²) < 4.78 is 20.7. The smallest absolute Gasteiger partial charge is 0.266 e. The van der Waals surface area contributed by atoms with E-state index in [0.29, 0.717) is 28.0 Å². The fourth-order valence-corrected chi connectivity index (χ4v) is 4.56. The summed E-state index contributed by atoms with van der Waals surface area (Å²) in [6.45, 7) is 8.71. The van der Waals surface area contributed by atoms with Gasteiger partial charge >= 0.3 is 0 Å². The Morgan fingerprint density at radius 3 is 2.42 bits per heavy atom. The highest BCUT2D eigenvalue weighted by atomic mass is 35.5. The Bertz CT molecular complexity index is 1530. The lowest BCUT2D eigenvalue weighted by atomic mass is 9.86. The van der Waals surface area contributed by atoms with Crippen LogP contribution in [0.5, 0.6) is 0 Å². The highest BCUT2D eigenvalue weighted by Crippen LogP contribution is 2.27. The van der Waals surface area contributed by atoms with Crippen LogP contribution in [0.15, 0.2) is 71.5 Å². The molecule has 0 fully saturated rings. The Balaban J connectivity index is 1.86. The monoisotopic (exact) mass is 535 g/mol. The summed E-state index contributed by atoms with van der Waals surface area (Å²) in [6, 6.07) is 18.0. The van der Waals surface area contributed by atoms with Crippen LogP contribution in [0.4, 0.5) is 4.39 Å². The second kappa shape index (κ2) is 11.1. The average Bonchev–Trinajstić information content (AvgIpc) is 2.90. The molecule has 0 spiro atoms. The van der Waals surface area contributed by atoms with Gasteiger partial charge in [-0.1, -0.05) is 56.6 Å². The van der Waals surface area contributed by atoms with Crippen LogP contribution < -0.4 is 5.56 Å². The van der Waals surface area contributed by atoms with Crippen molar-refractivity contribution in [3.63, 3.8) is 0 Å². The van der Waals surface area contributed by atoms with Crippen molar-refractivity contribution in [2.45, 2.75) is 39.2 Å². The summed E-state index contributed by atoms with van der Waals surface area (Å²) in [5.74, 6) is -0.490. The van der Waals surface area contributed by atoms with Crippen LogP contribution in [0.1, 0.15) is 55.5 Å². The van der Waals surface area contributed by atoms with Gasteiger partial charge in [0, 0.05) is 19.2 Å². The Hall–Kier alpha value is -3.55. The summed E-state index contributed by atoms with van der Waals surface area (Å²) >= 11 is 6.08. The van der Waals surface area contributed by atoms with Crippen LogP contribution >= 0.6 is 11.6 Å². The predicted octanol–water partition coefficient (Wildman–Crippen LogP) is 6.33. The van der Waals surface area contributed by atoms with Crippen molar-refractivity contribution in [2.24, 2.45) is 0 Å². The molecule has 1 aromatic heterocycles. The van der Waals surface area contributed by atoms with E-state index in [1.807, 2.05) is 31.2 Å². The molecule has 1 atom stereocenters. The predicted molar refractivity (Wildman–Crippen MR) is 149 cm³/mol. The molecule has 0 saturated carbocycles. The molecule has 3 aromatic carbocycles. The van der Waals surface area contributed by atoms with E-state index in [1.165, 1.54) is 22.8 Å². The van der Waals surface area contributed by atoms with E-state index < -0.39 is 11.9 Å². The van der Waals surface area contributed by atoms with Gasteiger partial charge in [0.05, 0.1) is 34.3 Å². The number of benzene rings is 3. The third-order valence-electron chi connectivity index (χ3n) is 6.60. The van der Waals surface area contributed by atoms with Gasteiger partial charge < -0.3 is 9.64 Å². The van der Waals surface area contributed by atoms with E-state index in [4.69, 9.17) is 21.3 Å². The number of carbonyl (C=O) groups is 1. The Kier molecular flexibility index (Phi) is 7.99. The van der Waals surface area contributed by atoms with Crippen LogP contribution in [0.2, 0.25) is 5.02 Å². The second-order valence-corrected chi connectivity index (χ2v) is 10.6. The van der Waals surface area contributed by atoms with Gasteiger partial charge in [0.1, 0.15) is 11.6 Å². The van der Waals surface area contributed by atoms with Gasteiger partial charge in [0.25, 0.3) is 11.5 Å². The molecular weight excluding hydrogens is 505 g/mol. The van der Waals surface area contributed by atoms with E-state index in [-0.39, 0.29) is 35.1 Å². The van der Waals surface area contributed by atoms with Crippen molar-refractivity contribution in [3.8, 4) is 5.69 Å². The van der Waals surface area contributed by atoms with E-state index in [2.05, 4.69) is 20.8 Å². The number of hydrogen-bond acceptors (Lipinski definition) is 4. The van der Waals surface area contributed by atoms with E-state index >= 15 is 0 Å². The molecule has 0 aliphatic carbocycles. The van der Waals surface area contributed by atoms with Crippen LogP contribution in [-0.4, -0.2) is 40.6 Å². The summed E-state index contributed by atoms with van der Waals surface area (Å²) in [5.41, 5.74) is 2.09. The van der Waals surface area contributed by atoms with Crippen molar-refractivity contribution in [3.05, 3.63) is 105 Å². The molecule has 0 radical (unpaired) electrons. The molecule has 198 valence electrons. The maximum Gasteiger partial charge on any atom is 0.266 e. The number of hydrogen-bond donors (Lipinski definition) is 0. The Labute approximate surface area is 226 Å². The lowest BCUT2D eigenvalue weighted by molar-refractivity contribution is 0.0605. The Morgan fingerprint density at radius 1 is 1.11 bits per heavy atom. The van der Waals surface area contributed by atoms with Crippen molar-refractivity contribution < 1.29 is 13.9 Å². The first-order chi connectivity index (χ1) is 18.0. The number of amides is 1. The minimum Gasteiger partial charge on any atom is -0.383 e. The minimum absolute atomic E-state index is 0.0495. The molecule has 0 N–H and O–H groups in total. The summed E-state index contributed by atoms with van der Waals surface area (Å²) in [5, 5.41) is 0.281. The molecule has 1 unspecified atom stereocenters. The first-order valence-electron chi connectivity index (χ1n) is 12.4. The second-order valence-electron chi connectivity index (χ2n) is 10.2. The third kappa shape index (κ3) is 5.49. The van der Waals surface area contributed by atoms with Gasteiger partial charge in [-0.15, -0.1) is 0 Å². The molecule has 0 saturated heterocycles. The summed E-state index contributed by atoms with van der Waals surface area (Å²) in [7, 11) is 1.57.